The van der Waals surface area contributed by atoms with Gasteiger partial charge in [-0.25, -0.2) is 5.10 Å². The summed E-state index contributed by atoms with van der Waals surface area (Å²) in [6.07, 6.45) is 8.18. The minimum absolute atomic E-state index is 0.0387. The first-order chi connectivity index (χ1) is 16.2. The zero-order valence-corrected chi connectivity index (χ0v) is 18.3. The van der Waals surface area contributed by atoms with Gasteiger partial charge in [-0.05, 0) is 43.0 Å². The van der Waals surface area contributed by atoms with E-state index in [1.54, 1.807) is 6.07 Å². The van der Waals surface area contributed by atoms with E-state index in [9.17, 15) is 9.59 Å². The summed E-state index contributed by atoms with van der Waals surface area (Å²) >= 11 is 0. The summed E-state index contributed by atoms with van der Waals surface area (Å²) < 4.78 is 5.95. The number of nitrogens with zero attached hydrogens (tertiary/aromatic N) is 1. The number of nitrogens with one attached hydrogen (secondary N) is 3. The summed E-state index contributed by atoms with van der Waals surface area (Å²) in [5.74, 6) is 1.74. The fourth-order valence-corrected chi connectivity index (χ4v) is 4.27. The highest BCUT2D eigenvalue weighted by atomic mass is 16.3. The summed E-state index contributed by atoms with van der Waals surface area (Å²) in [4.78, 5) is 24.2. The third-order valence-corrected chi connectivity index (χ3v) is 6.00. The van der Waals surface area contributed by atoms with Gasteiger partial charge < -0.3 is 15.1 Å². The molecule has 7 nitrogen and oxygen atoms in total. The van der Waals surface area contributed by atoms with Crippen LogP contribution in [0.1, 0.15) is 36.1 Å². The van der Waals surface area contributed by atoms with Crippen LogP contribution in [0.4, 0.5) is 5.82 Å². The van der Waals surface area contributed by atoms with E-state index in [1.165, 1.54) is 5.56 Å². The minimum Gasteiger partial charge on any atom is -0.460 e. The molecule has 0 aliphatic heterocycles. The summed E-state index contributed by atoms with van der Waals surface area (Å²) in [5, 5.41) is 15.4. The predicted octanol–water partition coefficient (Wildman–Crippen LogP) is 4.18. The molecule has 0 atom stereocenters. The Hall–Kier alpha value is -3.87. The van der Waals surface area contributed by atoms with Crippen molar-refractivity contribution < 1.29 is 9.21 Å². The van der Waals surface area contributed by atoms with Crippen molar-refractivity contribution in [2.45, 2.75) is 32.1 Å². The zero-order chi connectivity index (χ0) is 22.6. The van der Waals surface area contributed by atoms with E-state index in [0.717, 1.165) is 46.9 Å². The van der Waals surface area contributed by atoms with Crippen molar-refractivity contribution in [3.8, 4) is 0 Å². The fourth-order valence-electron chi connectivity index (χ4n) is 4.27. The van der Waals surface area contributed by atoms with Gasteiger partial charge in [-0.15, -0.1) is 0 Å². The lowest BCUT2D eigenvalue weighted by Crippen LogP contribution is -2.26. The molecule has 3 N–H and O–H groups in total. The van der Waals surface area contributed by atoms with Crippen LogP contribution in [-0.2, 0) is 17.6 Å². The number of amides is 1. The second-order valence-electron chi connectivity index (χ2n) is 8.29. The van der Waals surface area contributed by atoms with Gasteiger partial charge in [-0.3, -0.25) is 9.59 Å². The first-order valence-electron chi connectivity index (χ1n) is 11.4. The van der Waals surface area contributed by atoms with Crippen LogP contribution in [0, 0.1) is 0 Å². The lowest BCUT2D eigenvalue weighted by molar-refractivity contribution is -0.121. The minimum atomic E-state index is -0.202. The molecule has 5 rings (SSSR count). The second kappa shape index (κ2) is 9.32. The average Bonchev–Trinajstić information content (AvgIpc) is 3.22. The molecule has 0 saturated heterocycles. The van der Waals surface area contributed by atoms with Crippen LogP contribution in [0.3, 0.4) is 0 Å². The van der Waals surface area contributed by atoms with Crippen molar-refractivity contribution in [3.63, 3.8) is 0 Å². The molecule has 1 amide bonds. The van der Waals surface area contributed by atoms with E-state index >= 15 is 0 Å². The maximum atomic E-state index is 12.3. The molecule has 0 spiro atoms. The number of benzene rings is 2. The number of carbonyl (C=O) groups is 1. The Labute approximate surface area is 190 Å². The molecular weight excluding hydrogens is 416 g/mol. The second-order valence-corrected chi connectivity index (χ2v) is 8.29. The van der Waals surface area contributed by atoms with Crippen molar-refractivity contribution in [1.82, 2.24) is 15.5 Å². The molecule has 2 aromatic heterocycles. The van der Waals surface area contributed by atoms with Gasteiger partial charge in [-0.2, -0.15) is 5.10 Å². The van der Waals surface area contributed by atoms with Crippen molar-refractivity contribution in [2.75, 3.05) is 18.4 Å². The number of fused-ring (bicyclic) bond motifs is 4. The molecule has 0 saturated carbocycles. The average molecular weight is 443 g/mol. The molecule has 168 valence electrons. The highest BCUT2D eigenvalue weighted by Gasteiger charge is 2.15. The SMILES string of the molecule is O=C(CCc1ccc2oc3c(c2c1)C=CCC3)NCCCNc1n[nH]c(=O)c2ccccc12. The standard InChI is InChI=1S/C26H26N4O3/c31-24(13-11-17-10-12-23-21(16-17)18-6-3-4-9-22(18)33-23)27-14-5-15-28-25-19-7-1-2-8-20(19)26(32)30-29-25/h1-3,6-8,10,12,16H,4-5,9,11,13-15H2,(H,27,31)(H,28,29)(H,30,32). The molecule has 2 heterocycles. The van der Waals surface area contributed by atoms with E-state index in [4.69, 9.17) is 4.42 Å². The molecule has 2 aromatic carbocycles. The lowest BCUT2D eigenvalue weighted by Gasteiger charge is -2.09. The van der Waals surface area contributed by atoms with Crippen LogP contribution in [0.2, 0.25) is 0 Å². The normalized spacial score (nSPS) is 12.7. The quantitative estimate of drug-likeness (QED) is 0.356. The van der Waals surface area contributed by atoms with Crippen molar-refractivity contribution in [2.24, 2.45) is 0 Å². The number of hydrogen-bond acceptors (Lipinski definition) is 5. The molecular formula is C26H26N4O3. The van der Waals surface area contributed by atoms with Crippen molar-refractivity contribution >= 4 is 39.5 Å². The number of anilines is 1. The Morgan fingerprint density at radius 3 is 2.88 bits per heavy atom. The van der Waals surface area contributed by atoms with Crippen molar-refractivity contribution in [1.29, 1.82) is 0 Å². The largest absolute Gasteiger partial charge is 0.460 e. The molecule has 7 heteroatoms. The van der Waals surface area contributed by atoms with E-state index < -0.39 is 0 Å². The molecule has 0 radical (unpaired) electrons. The van der Waals surface area contributed by atoms with Gasteiger partial charge in [0.1, 0.15) is 11.3 Å². The van der Waals surface area contributed by atoms with Gasteiger partial charge in [0.2, 0.25) is 5.91 Å². The molecule has 0 fully saturated rings. The molecule has 0 bridgehead atoms. The number of allylic oxidation sites excluding steroid dienone is 1. The predicted molar refractivity (Wildman–Crippen MR) is 130 cm³/mol. The number of hydrogen-bond donors (Lipinski definition) is 3. The zero-order valence-electron chi connectivity index (χ0n) is 18.3. The van der Waals surface area contributed by atoms with Crippen LogP contribution in [0.15, 0.2) is 57.8 Å². The molecule has 1 aliphatic carbocycles. The van der Waals surface area contributed by atoms with E-state index in [-0.39, 0.29) is 11.5 Å². The molecule has 1 aliphatic rings. The van der Waals surface area contributed by atoms with Gasteiger partial charge in [0.25, 0.3) is 5.56 Å². The van der Waals surface area contributed by atoms with Gasteiger partial charge in [0.15, 0.2) is 5.82 Å². The monoisotopic (exact) mass is 442 g/mol. The number of carbonyl (C=O) groups excluding carboxylic acids is 1. The highest BCUT2D eigenvalue weighted by molar-refractivity contribution is 5.91. The highest BCUT2D eigenvalue weighted by Crippen LogP contribution is 2.31. The molecule has 0 unspecified atom stereocenters. The van der Waals surface area contributed by atoms with Gasteiger partial charge in [0, 0.05) is 42.3 Å². The third-order valence-electron chi connectivity index (χ3n) is 6.00. The number of rotatable bonds is 8. The number of H-pyrrole nitrogens is 1. The fraction of sp³-hybridized carbons (Fsp3) is 0.269. The Morgan fingerprint density at radius 1 is 1.09 bits per heavy atom. The maximum absolute atomic E-state index is 12.3. The van der Waals surface area contributed by atoms with Gasteiger partial charge in [0.05, 0.1) is 5.39 Å². The topological polar surface area (TPSA) is 100 Å². The van der Waals surface area contributed by atoms with Crippen LogP contribution < -0.4 is 16.2 Å². The van der Waals surface area contributed by atoms with E-state index in [2.05, 4.69) is 39.0 Å². The third kappa shape index (κ3) is 4.53. The maximum Gasteiger partial charge on any atom is 0.272 e. The van der Waals surface area contributed by atoms with Gasteiger partial charge in [-0.1, -0.05) is 36.4 Å². The number of furan rings is 1. The summed E-state index contributed by atoms with van der Waals surface area (Å²) in [6.45, 7) is 1.21. The number of aromatic amines is 1. The Morgan fingerprint density at radius 2 is 1.97 bits per heavy atom. The summed E-state index contributed by atoms with van der Waals surface area (Å²) in [6, 6.07) is 13.5. The first-order valence-corrected chi connectivity index (χ1v) is 11.4. The van der Waals surface area contributed by atoms with E-state index in [0.29, 0.717) is 37.1 Å². The Kier molecular flexibility index (Phi) is 5.93. The van der Waals surface area contributed by atoms with E-state index in [1.807, 2.05) is 30.3 Å². The Balaban J connectivity index is 1.09. The molecule has 33 heavy (non-hydrogen) atoms. The summed E-state index contributed by atoms with van der Waals surface area (Å²) in [5.41, 5.74) is 3.03. The van der Waals surface area contributed by atoms with Crippen LogP contribution in [0.5, 0.6) is 0 Å². The smallest absolute Gasteiger partial charge is 0.272 e. The number of aryl methyl sites for hydroxylation is 2. The lowest BCUT2D eigenvalue weighted by atomic mass is 10.0. The van der Waals surface area contributed by atoms with Crippen LogP contribution >= 0.6 is 0 Å². The van der Waals surface area contributed by atoms with Crippen LogP contribution in [0.25, 0.3) is 27.8 Å². The molecule has 4 aromatic rings. The van der Waals surface area contributed by atoms with Gasteiger partial charge >= 0.3 is 0 Å². The van der Waals surface area contributed by atoms with Crippen LogP contribution in [-0.4, -0.2) is 29.2 Å². The Bertz CT molecular complexity index is 1400. The van der Waals surface area contributed by atoms with Crippen molar-refractivity contribution in [3.05, 3.63) is 75.8 Å². The number of aromatic nitrogens is 2. The first kappa shape index (κ1) is 21.0. The summed E-state index contributed by atoms with van der Waals surface area (Å²) in [7, 11) is 0.